The highest BCUT2D eigenvalue weighted by Gasteiger charge is 2.05. The molecular formula is C15H11N5S. The maximum atomic E-state index is 8.78. The molecule has 1 N–H and O–H groups in total. The molecule has 0 spiro atoms. The van der Waals surface area contributed by atoms with Crippen molar-refractivity contribution in [2.75, 3.05) is 5.32 Å². The van der Waals surface area contributed by atoms with Crippen molar-refractivity contribution in [2.24, 2.45) is 0 Å². The van der Waals surface area contributed by atoms with Gasteiger partial charge in [0.25, 0.3) is 0 Å². The van der Waals surface area contributed by atoms with Crippen LogP contribution in [0.25, 0.3) is 11.4 Å². The fourth-order valence-electron chi connectivity index (χ4n) is 1.80. The van der Waals surface area contributed by atoms with Gasteiger partial charge in [0.15, 0.2) is 0 Å². The summed E-state index contributed by atoms with van der Waals surface area (Å²) in [5.41, 5.74) is 3.09. The average molecular weight is 293 g/mol. The summed E-state index contributed by atoms with van der Waals surface area (Å²) in [6.45, 7) is 1.96. The van der Waals surface area contributed by atoms with Crippen LogP contribution < -0.4 is 5.32 Å². The molecule has 2 aromatic heterocycles. The van der Waals surface area contributed by atoms with Crippen molar-refractivity contribution in [3.05, 3.63) is 52.5 Å². The first-order valence-corrected chi connectivity index (χ1v) is 7.15. The minimum Gasteiger partial charge on any atom is -0.324 e. The van der Waals surface area contributed by atoms with Gasteiger partial charge in [-0.3, -0.25) is 0 Å². The number of aromatic nitrogens is 3. The van der Waals surface area contributed by atoms with Gasteiger partial charge < -0.3 is 5.32 Å². The summed E-state index contributed by atoms with van der Waals surface area (Å²) in [7, 11) is 0. The first-order valence-electron chi connectivity index (χ1n) is 6.27. The summed E-state index contributed by atoms with van der Waals surface area (Å²) in [4.78, 5) is 13.1. The van der Waals surface area contributed by atoms with Gasteiger partial charge in [0, 0.05) is 17.3 Å². The number of aryl methyl sites for hydroxylation is 1. The molecule has 0 aliphatic carbocycles. The Kier molecular flexibility index (Phi) is 3.58. The van der Waals surface area contributed by atoms with Crippen LogP contribution in [-0.4, -0.2) is 15.0 Å². The van der Waals surface area contributed by atoms with Crippen molar-refractivity contribution < 1.29 is 0 Å². The number of nitrogens with one attached hydrogen (secondary N) is 1. The lowest BCUT2D eigenvalue weighted by Gasteiger charge is -2.05. The van der Waals surface area contributed by atoms with Crippen LogP contribution in [0, 0.1) is 18.3 Å². The SMILES string of the molecule is Cc1nc(-c2ccnc(Nc3ccc(C#N)cc3)n2)cs1. The lowest BCUT2D eigenvalue weighted by Crippen LogP contribution is -1.98. The molecule has 5 nitrogen and oxygen atoms in total. The maximum absolute atomic E-state index is 8.78. The van der Waals surface area contributed by atoms with E-state index in [1.165, 1.54) is 0 Å². The van der Waals surface area contributed by atoms with Gasteiger partial charge in [0.05, 0.1) is 22.3 Å². The van der Waals surface area contributed by atoms with E-state index in [9.17, 15) is 0 Å². The molecular weight excluding hydrogens is 282 g/mol. The van der Waals surface area contributed by atoms with E-state index < -0.39 is 0 Å². The van der Waals surface area contributed by atoms with E-state index in [0.29, 0.717) is 11.5 Å². The lowest BCUT2D eigenvalue weighted by atomic mass is 10.2. The Morgan fingerprint density at radius 3 is 2.57 bits per heavy atom. The molecule has 6 heteroatoms. The van der Waals surface area contributed by atoms with Crippen LogP contribution in [0.4, 0.5) is 11.6 Å². The molecule has 0 saturated heterocycles. The van der Waals surface area contributed by atoms with Gasteiger partial charge in [-0.15, -0.1) is 11.3 Å². The van der Waals surface area contributed by atoms with E-state index in [1.807, 2.05) is 30.5 Å². The van der Waals surface area contributed by atoms with Gasteiger partial charge in [0.1, 0.15) is 5.69 Å². The number of benzene rings is 1. The third-order valence-electron chi connectivity index (χ3n) is 2.81. The zero-order valence-electron chi connectivity index (χ0n) is 11.2. The van der Waals surface area contributed by atoms with Gasteiger partial charge in [-0.05, 0) is 37.3 Å². The van der Waals surface area contributed by atoms with Crippen molar-refractivity contribution in [3.63, 3.8) is 0 Å². The second-order valence-electron chi connectivity index (χ2n) is 4.33. The summed E-state index contributed by atoms with van der Waals surface area (Å²) < 4.78 is 0. The van der Waals surface area contributed by atoms with Crippen LogP contribution >= 0.6 is 11.3 Å². The van der Waals surface area contributed by atoms with Gasteiger partial charge >= 0.3 is 0 Å². The largest absolute Gasteiger partial charge is 0.324 e. The molecule has 0 fully saturated rings. The zero-order valence-corrected chi connectivity index (χ0v) is 12.1. The third kappa shape index (κ3) is 3.04. The van der Waals surface area contributed by atoms with Gasteiger partial charge in [-0.25, -0.2) is 15.0 Å². The molecule has 21 heavy (non-hydrogen) atoms. The Bertz CT molecular complexity index is 801. The van der Waals surface area contributed by atoms with Crippen LogP contribution in [0.15, 0.2) is 41.9 Å². The van der Waals surface area contributed by atoms with Gasteiger partial charge in [-0.1, -0.05) is 0 Å². The molecule has 3 aromatic rings. The van der Waals surface area contributed by atoms with E-state index in [1.54, 1.807) is 29.7 Å². The minimum atomic E-state index is 0.503. The topological polar surface area (TPSA) is 74.5 Å². The smallest absolute Gasteiger partial charge is 0.227 e. The van der Waals surface area contributed by atoms with E-state index in [4.69, 9.17) is 5.26 Å². The van der Waals surface area contributed by atoms with Crippen molar-refractivity contribution in [3.8, 4) is 17.5 Å². The van der Waals surface area contributed by atoms with Crippen LogP contribution in [0.3, 0.4) is 0 Å². The number of hydrogen-bond acceptors (Lipinski definition) is 6. The highest BCUT2D eigenvalue weighted by molar-refractivity contribution is 7.09. The molecule has 0 saturated carbocycles. The number of anilines is 2. The van der Waals surface area contributed by atoms with E-state index in [-0.39, 0.29) is 0 Å². The zero-order chi connectivity index (χ0) is 14.7. The lowest BCUT2D eigenvalue weighted by molar-refractivity contribution is 1.15. The quantitative estimate of drug-likeness (QED) is 0.799. The molecule has 0 aliphatic rings. The summed E-state index contributed by atoms with van der Waals surface area (Å²) in [6, 6.07) is 11.1. The maximum Gasteiger partial charge on any atom is 0.227 e. The number of nitrogens with zero attached hydrogens (tertiary/aromatic N) is 4. The first kappa shape index (κ1) is 13.2. The van der Waals surface area contributed by atoms with Gasteiger partial charge in [0.2, 0.25) is 5.95 Å². The summed E-state index contributed by atoms with van der Waals surface area (Å²) >= 11 is 1.59. The van der Waals surface area contributed by atoms with Gasteiger partial charge in [-0.2, -0.15) is 5.26 Å². The molecule has 0 amide bonds. The highest BCUT2D eigenvalue weighted by Crippen LogP contribution is 2.21. The van der Waals surface area contributed by atoms with Crippen LogP contribution in [0.2, 0.25) is 0 Å². The fraction of sp³-hybridized carbons (Fsp3) is 0.0667. The Labute approximate surface area is 126 Å². The molecule has 3 rings (SSSR count). The van der Waals surface area contributed by atoms with E-state index in [0.717, 1.165) is 22.1 Å². The number of hydrogen-bond donors (Lipinski definition) is 1. The second-order valence-corrected chi connectivity index (χ2v) is 5.39. The first-order chi connectivity index (χ1) is 10.2. The Balaban J connectivity index is 1.84. The molecule has 0 radical (unpaired) electrons. The highest BCUT2D eigenvalue weighted by atomic mass is 32.1. The fourth-order valence-corrected chi connectivity index (χ4v) is 2.41. The van der Waals surface area contributed by atoms with Crippen molar-refractivity contribution in [1.29, 1.82) is 5.26 Å². The monoisotopic (exact) mass is 293 g/mol. The number of thiazole rings is 1. The van der Waals surface area contributed by atoms with Crippen molar-refractivity contribution >= 4 is 23.0 Å². The molecule has 1 aromatic carbocycles. The standard InChI is InChI=1S/C15H11N5S/c1-10-18-14(9-21-10)13-6-7-17-15(20-13)19-12-4-2-11(8-16)3-5-12/h2-7,9H,1H3,(H,17,19,20). The average Bonchev–Trinajstić information content (AvgIpc) is 2.95. The normalized spacial score (nSPS) is 10.1. The summed E-state index contributed by atoms with van der Waals surface area (Å²) in [5.74, 6) is 0.503. The molecule has 0 atom stereocenters. The molecule has 0 aliphatic heterocycles. The third-order valence-corrected chi connectivity index (χ3v) is 3.58. The van der Waals surface area contributed by atoms with Crippen LogP contribution in [-0.2, 0) is 0 Å². The van der Waals surface area contributed by atoms with Crippen molar-refractivity contribution in [2.45, 2.75) is 6.92 Å². The number of rotatable bonds is 3. The predicted molar refractivity (Wildman–Crippen MR) is 82.3 cm³/mol. The second kappa shape index (κ2) is 5.69. The van der Waals surface area contributed by atoms with E-state index >= 15 is 0 Å². The Hall–Kier alpha value is -2.78. The summed E-state index contributed by atoms with van der Waals surface area (Å²) in [6.07, 6.45) is 1.70. The molecule has 0 unspecified atom stereocenters. The minimum absolute atomic E-state index is 0.503. The van der Waals surface area contributed by atoms with E-state index in [2.05, 4.69) is 26.3 Å². The summed E-state index contributed by atoms with van der Waals surface area (Å²) in [5, 5.41) is 14.9. The van der Waals surface area contributed by atoms with Crippen molar-refractivity contribution in [1.82, 2.24) is 15.0 Å². The number of nitriles is 1. The van der Waals surface area contributed by atoms with Crippen LogP contribution in [0.5, 0.6) is 0 Å². The van der Waals surface area contributed by atoms with Crippen LogP contribution in [0.1, 0.15) is 10.6 Å². The molecule has 102 valence electrons. The Morgan fingerprint density at radius 2 is 1.90 bits per heavy atom. The Morgan fingerprint density at radius 1 is 1.10 bits per heavy atom. The predicted octanol–water partition coefficient (Wildman–Crippen LogP) is 3.52. The molecule has 0 bridgehead atoms. The molecule has 2 heterocycles.